The summed E-state index contributed by atoms with van der Waals surface area (Å²) in [5.41, 5.74) is 3.86. The topological polar surface area (TPSA) is 88.8 Å². The Morgan fingerprint density at radius 3 is 2.81 bits per heavy atom. The van der Waals surface area contributed by atoms with Crippen molar-refractivity contribution in [3.05, 3.63) is 60.8 Å². The van der Waals surface area contributed by atoms with Crippen molar-refractivity contribution in [2.75, 3.05) is 7.11 Å². The molecule has 132 valence electrons. The third-order valence-corrected chi connectivity index (χ3v) is 4.46. The second kappa shape index (κ2) is 5.84. The van der Waals surface area contributed by atoms with Gasteiger partial charge in [-0.1, -0.05) is 18.2 Å². The van der Waals surface area contributed by atoms with E-state index in [1.54, 1.807) is 36.2 Å². The molecule has 0 spiro atoms. The fourth-order valence-corrected chi connectivity index (χ4v) is 3.22. The predicted octanol–water partition coefficient (Wildman–Crippen LogP) is 3.68. The number of aromatic hydroxyl groups is 1. The molecule has 2 N–H and O–H groups in total. The number of imidazole rings is 1. The van der Waals surface area contributed by atoms with Crippen LogP contribution in [-0.2, 0) is 0 Å². The van der Waals surface area contributed by atoms with Crippen molar-refractivity contribution in [2.45, 2.75) is 0 Å². The van der Waals surface area contributed by atoms with Crippen LogP contribution >= 0.6 is 0 Å². The minimum Gasteiger partial charge on any atom is -0.508 e. The van der Waals surface area contributed by atoms with Crippen LogP contribution in [0, 0.1) is 0 Å². The third kappa shape index (κ3) is 2.40. The van der Waals surface area contributed by atoms with Crippen molar-refractivity contribution >= 4 is 22.1 Å². The summed E-state index contributed by atoms with van der Waals surface area (Å²) in [6.07, 6.45) is 1.72. The van der Waals surface area contributed by atoms with Crippen LogP contribution in [0.15, 0.2) is 60.8 Å². The number of phenolic OH excluding ortho intramolecular Hbond substituents is 1. The number of rotatable bonds is 3. The highest BCUT2D eigenvalue weighted by atomic mass is 16.5. The smallest absolute Gasteiger partial charge is 0.160 e. The predicted molar refractivity (Wildman–Crippen MR) is 102 cm³/mol. The molecule has 3 heterocycles. The largest absolute Gasteiger partial charge is 0.508 e. The van der Waals surface area contributed by atoms with Gasteiger partial charge in [0, 0.05) is 17.6 Å². The van der Waals surface area contributed by atoms with Crippen LogP contribution in [0.1, 0.15) is 0 Å². The molecule has 0 radical (unpaired) electrons. The summed E-state index contributed by atoms with van der Waals surface area (Å²) >= 11 is 0. The fraction of sp³-hybridized carbons (Fsp3) is 0.0500. The maximum absolute atomic E-state index is 9.76. The van der Waals surface area contributed by atoms with E-state index in [0.29, 0.717) is 17.2 Å². The van der Waals surface area contributed by atoms with Crippen molar-refractivity contribution in [1.82, 2.24) is 24.7 Å². The molecule has 2 aromatic carbocycles. The summed E-state index contributed by atoms with van der Waals surface area (Å²) in [5.74, 6) is 1.31. The van der Waals surface area contributed by atoms with Crippen LogP contribution < -0.4 is 4.74 Å². The van der Waals surface area contributed by atoms with Crippen LogP contribution in [0.5, 0.6) is 11.5 Å². The summed E-state index contributed by atoms with van der Waals surface area (Å²) in [6, 6.07) is 16.6. The molecule has 0 bridgehead atoms. The highest BCUT2D eigenvalue weighted by Crippen LogP contribution is 2.33. The van der Waals surface area contributed by atoms with Crippen molar-refractivity contribution in [3.63, 3.8) is 0 Å². The van der Waals surface area contributed by atoms with Gasteiger partial charge in [-0.2, -0.15) is 5.10 Å². The molecule has 0 aliphatic rings. The monoisotopic (exact) mass is 357 g/mol. The number of pyridine rings is 1. The average Bonchev–Trinajstić information content (AvgIpc) is 3.29. The van der Waals surface area contributed by atoms with E-state index < -0.39 is 0 Å². The van der Waals surface area contributed by atoms with Crippen LogP contribution in [0.2, 0.25) is 0 Å². The number of phenols is 1. The molecule has 0 saturated heterocycles. The zero-order valence-corrected chi connectivity index (χ0v) is 14.4. The molecule has 0 aliphatic heterocycles. The summed E-state index contributed by atoms with van der Waals surface area (Å²) in [7, 11) is 1.57. The zero-order valence-electron chi connectivity index (χ0n) is 14.4. The minimum absolute atomic E-state index is 0.135. The summed E-state index contributed by atoms with van der Waals surface area (Å²) in [4.78, 5) is 12.2. The number of aromatic nitrogens is 5. The molecule has 0 saturated carbocycles. The van der Waals surface area contributed by atoms with Crippen LogP contribution in [0.4, 0.5) is 0 Å². The molecule has 7 nitrogen and oxygen atoms in total. The van der Waals surface area contributed by atoms with Crippen LogP contribution in [-0.4, -0.2) is 36.9 Å². The first-order valence-electron chi connectivity index (χ1n) is 8.41. The van der Waals surface area contributed by atoms with Gasteiger partial charge in [0.25, 0.3) is 0 Å². The lowest BCUT2D eigenvalue weighted by Gasteiger charge is -2.09. The molecular formula is C20H15N5O2. The standard InChI is InChI=1S/C20H15N5O2/c1-27-17-11-12(26)8-9-16(17)25-15-7-3-2-5-13(15)18(24-25)20-22-14-6-4-10-21-19(14)23-20/h2-11,26H,1H3,(H,21,22,23). The van der Waals surface area contributed by atoms with Gasteiger partial charge >= 0.3 is 0 Å². The van der Waals surface area contributed by atoms with E-state index in [0.717, 1.165) is 27.8 Å². The first kappa shape index (κ1) is 15.4. The Balaban J connectivity index is 1.79. The molecule has 0 atom stereocenters. The van der Waals surface area contributed by atoms with E-state index >= 15 is 0 Å². The summed E-state index contributed by atoms with van der Waals surface area (Å²) in [6.45, 7) is 0. The van der Waals surface area contributed by atoms with Gasteiger partial charge in [-0.3, -0.25) is 0 Å². The molecule has 0 unspecified atom stereocenters. The number of hydrogen-bond acceptors (Lipinski definition) is 5. The van der Waals surface area contributed by atoms with Crippen LogP contribution in [0.25, 0.3) is 39.3 Å². The number of fused-ring (bicyclic) bond motifs is 2. The fourth-order valence-electron chi connectivity index (χ4n) is 3.22. The number of nitrogens with one attached hydrogen (secondary N) is 1. The van der Waals surface area contributed by atoms with Gasteiger partial charge in [0.2, 0.25) is 0 Å². The van der Waals surface area contributed by atoms with Gasteiger partial charge < -0.3 is 14.8 Å². The van der Waals surface area contributed by atoms with Crippen molar-refractivity contribution in [1.29, 1.82) is 0 Å². The first-order valence-corrected chi connectivity index (χ1v) is 8.41. The average molecular weight is 357 g/mol. The summed E-state index contributed by atoms with van der Waals surface area (Å²) < 4.78 is 7.23. The molecule has 7 heteroatoms. The second-order valence-corrected chi connectivity index (χ2v) is 6.09. The van der Waals surface area contributed by atoms with Gasteiger partial charge in [0.15, 0.2) is 11.5 Å². The van der Waals surface area contributed by atoms with Crippen molar-refractivity contribution < 1.29 is 9.84 Å². The molecule has 0 fully saturated rings. The molecular weight excluding hydrogens is 342 g/mol. The van der Waals surface area contributed by atoms with E-state index in [1.807, 2.05) is 36.4 Å². The van der Waals surface area contributed by atoms with E-state index in [9.17, 15) is 5.11 Å². The number of ether oxygens (including phenoxy) is 1. The number of benzene rings is 2. The van der Waals surface area contributed by atoms with Gasteiger partial charge in [-0.05, 0) is 30.3 Å². The molecule has 0 amide bonds. The first-order chi connectivity index (χ1) is 13.2. The van der Waals surface area contributed by atoms with E-state index in [2.05, 4.69) is 15.0 Å². The number of hydrogen-bond donors (Lipinski definition) is 2. The molecule has 3 aromatic heterocycles. The lowest BCUT2D eigenvalue weighted by molar-refractivity contribution is 0.405. The Hall–Kier alpha value is -3.87. The number of para-hydroxylation sites is 1. The third-order valence-electron chi connectivity index (χ3n) is 4.46. The van der Waals surface area contributed by atoms with E-state index in [1.165, 1.54) is 0 Å². The van der Waals surface area contributed by atoms with E-state index in [-0.39, 0.29) is 5.75 Å². The SMILES string of the molecule is COc1cc(O)ccc1-n1nc(-c2nc3cccnc3[nH]2)c2ccccc21. The van der Waals surface area contributed by atoms with Crippen molar-refractivity contribution in [3.8, 4) is 28.7 Å². The second-order valence-electron chi connectivity index (χ2n) is 6.09. The number of methoxy groups -OCH3 is 1. The van der Waals surface area contributed by atoms with Gasteiger partial charge in [0.05, 0.1) is 12.6 Å². The Morgan fingerprint density at radius 1 is 1.07 bits per heavy atom. The van der Waals surface area contributed by atoms with E-state index in [4.69, 9.17) is 9.84 Å². The maximum atomic E-state index is 9.76. The van der Waals surface area contributed by atoms with Gasteiger partial charge in [-0.25, -0.2) is 14.6 Å². The molecule has 0 aliphatic carbocycles. The summed E-state index contributed by atoms with van der Waals surface area (Å²) in [5, 5.41) is 15.5. The van der Waals surface area contributed by atoms with Crippen LogP contribution in [0.3, 0.4) is 0 Å². The maximum Gasteiger partial charge on any atom is 0.160 e. The molecule has 5 aromatic rings. The Morgan fingerprint density at radius 2 is 1.96 bits per heavy atom. The Bertz CT molecular complexity index is 1260. The van der Waals surface area contributed by atoms with Crippen molar-refractivity contribution in [2.24, 2.45) is 0 Å². The van der Waals surface area contributed by atoms with Gasteiger partial charge in [-0.15, -0.1) is 0 Å². The normalized spacial score (nSPS) is 11.3. The lowest BCUT2D eigenvalue weighted by Crippen LogP contribution is -2.00. The number of nitrogens with zero attached hydrogens (tertiary/aromatic N) is 4. The molecule has 27 heavy (non-hydrogen) atoms. The lowest BCUT2D eigenvalue weighted by atomic mass is 10.2. The Kier molecular flexibility index (Phi) is 3.33. The highest BCUT2D eigenvalue weighted by Gasteiger charge is 2.18. The number of H-pyrrole nitrogens is 1. The van der Waals surface area contributed by atoms with Gasteiger partial charge in [0.1, 0.15) is 28.4 Å². The number of aromatic amines is 1. The minimum atomic E-state index is 0.135. The quantitative estimate of drug-likeness (QED) is 0.514. The Labute approximate surface area is 153 Å². The highest BCUT2D eigenvalue weighted by molar-refractivity contribution is 5.94. The molecule has 5 rings (SSSR count). The zero-order chi connectivity index (χ0) is 18.4.